The molecule has 0 spiro atoms. The predicted molar refractivity (Wildman–Crippen MR) is 112 cm³/mol. The fourth-order valence-electron chi connectivity index (χ4n) is 3.30. The molecule has 0 saturated carbocycles. The molecular weight excluding hydrogens is 354 g/mol. The van der Waals surface area contributed by atoms with Crippen LogP contribution < -0.4 is 19.7 Å². The van der Waals surface area contributed by atoms with Crippen molar-refractivity contribution in [3.05, 3.63) is 48.2 Å². The van der Waals surface area contributed by atoms with E-state index in [0.29, 0.717) is 12.4 Å². The number of rotatable bonds is 6. The number of piperazine rings is 1. The van der Waals surface area contributed by atoms with Crippen LogP contribution in [-0.2, 0) is 6.54 Å². The van der Waals surface area contributed by atoms with Crippen LogP contribution in [0.1, 0.15) is 12.5 Å². The summed E-state index contributed by atoms with van der Waals surface area (Å²) in [7, 11) is 3.34. The molecule has 1 fully saturated rings. The van der Waals surface area contributed by atoms with Gasteiger partial charge in [0.25, 0.3) is 0 Å². The summed E-state index contributed by atoms with van der Waals surface area (Å²) in [6, 6.07) is 12.1. The predicted octanol–water partition coefficient (Wildman–Crippen LogP) is 2.39. The maximum absolute atomic E-state index is 5.35. The van der Waals surface area contributed by atoms with Crippen molar-refractivity contribution < 1.29 is 9.47 Å². The molecule has 0 radical (unpaired) electrons. The van der Waals surface area contributed by atoms with E-state index in [0.717, 1.165) is 50.0 Å². The van der Waals surface area contributed by atoms with Crippen LogP contribution in [0.3, 0.4) is 0 Å². The Morgan fingerprint density at radius 3 is 2.64 bits per heavy atom. The van der Waals surface area contributed by atoms with E-state index in [1.807, 2.05) is 24.3 Å². The van der Waals surface area contributed by atoms with Gasteiger partial charge < -0.3 is 24.6 Å². The summed E-state index contributed by atoms with van der Waals surface area (Å²) < 4.78 is 10.7. The first-order valence-corrected chi connectivity index (χ1v) is 9.65. The second kappa shape index (κ2) is 9.82. The van der Waals surface area contributed by atoms with Gasteiger partial charge in [-0.05, 0) is 25.1 Å². The van der Waals surface area contributed by atoms with E-state index in [4.69, 9.17) is 14.5 Å². The molecule has 0 amide bonds. The minimum atomic E-state index is 0.537. The number of hydrogen-bond donors (Lipinski definition) is 1. The molecule has 2 aromatic rings. The van der Waals surface area contributed by atoms with E-state index < -0.39 is 0 Å². The number of nitrogens with zero attached hydrogens (tertiary/aromatic N) is 4. The van der Waals surface area contributed by atoms with Crippen molar-refractivity contribution in [3.63, 3.8) is 0 Å². The maximum Gasteiger partial charge on any atom is 0.218 e. The molecule has 0 unspecified atom stereocenters. The topological polar surface area (TPSA) is 62.2 Å². The molecule has 1 saturated heterocycles. The van der Waals surface area contributed by atoms with E-state index in [1.54, 1.807) is 20.4 Å². The van der Waals surface area contributed by atoms with Gasteiger partial charge in [-0.3, -0.25) is 0 Å². The average molecular weight is 383 g/mol. The van der Waals surface area contributed by atoms with Crippen molar-refractivity contribution in [1.29, 1.82) is 0 Å². The molecule has 2 heterocycles. The second-order valence-corrected chi connectivity index (χ2v) is 6.52. The monoisotopic (exact) mass is 383 g/mol. The number of anilines is 1. The minimum absolute atomic E-state index is 0.537. The minimum Gasteiger partial charge on any atom is -0.497 e. The van der Waals surface area contributed by atoms with Gasteiger partial charge in [-0.1, -0.05) is 12.1 Å². The van der Waals surface area contributed by atoms with Crippen LogP contribution >= 0.6 is 0 Å². The van der Waals surface area contributed by atoms with Crippen molar-refractivity contribution in [3.8, 4) is 11.6 Å². The van der Waals surface area contributed by atoms with Gasteiger partial charge in [0.15, 0.2) is 5.96 Å². The quantitative estimate of drug-likeness (QED) is 0.610. The van der Waals surface area contributed by atoms with Crippen molar-refractivity contribution in [2.24, 2.45) is 4.99 Å². The lowest BCUT2D eigenvalue weighted by atomic mass is 10.2. The van der Waals surface area contributed by atoms with Crippen LogP contribution in [0.2, 0.25) is 0 Å². The van der Waals surface area contributed by atoms with Gasteiger partial charge in [0.05, 0.1) is 20.8 Å². The van der Waals surface area contributed by atoms with Gasteiger partial charge in [-0.2, -0.15) is 0 Å². The Balaban J connectivity index is 1.65. The van der Waals surface area contributed by atoms with Crippen LogP contribution in [0.25, 0.3) is 0 Å². The molecule has 1 aliphatic heterocycles. The average Bonchev–Trinajstić information content (AvgIpc) is 2.77. The van der Waals surface area contributed by atoms with Crippen molar-refractivity contribution in [1.82, 2.24) is 15.2 Å². The maximum atomic E-state index is 5.35. The molecule has 1 N–H and O–H groups in total. The fraction of sp³-hybridized carbons (Fsp3) is 0.429. The van der Waals surface area contributed by atoms with Gasteiger partial charge in [0.1, 0.15) is 5.75 Å². The van der Waals surface area contributed by atoms with Crippen LogP contribution in [0.4, 0.5) is 5.69 Å². The summed E-state index contributed by atoms with van der Waals surface area (Å²) in [6.07, 6.45) is 1.73. The van der Waals surface area contributed by atoms with Crippen LogP contribution in [0, 0.1) is 0 Å². The highest BCUT2D eigenvalue weighted by Crippen LogP contribution is 2.22. The molecule has 7 heteroatoms. The summed E-state index contributed by atoms with van der Waals surface area (Å²) in [5, 5.41) is 3.41. The first kappa shape index (κ1) is 19.8. The Kier molecular flexibility index (Phi) is 6.94. The largest absolute Gasteiger partial charge is 0.497 e. The molecule has 0 bridgehead atoms. The molecule has 0 atom stereocenters. The molecular formula is C21H29N5O2. The van der Waals surface area contributed by atoms with Crippen molar-refractivity contribution in [2.75, 3.05) is 51.8 Å². The zero-order chi connectivity index (χ0) is 19.8. The highest BCUT2D eigenvalue weighted by atomic mass is 16.5. The molecule has 150 valence electrons. The van der Waals surface area contributed by atoms with Crippen LogP contribution in [0.15, 0.2) is 47.6 Å². The highest BCUT2D eigenvalue weighted by Gasteiger charge is 2.20. The van der Waals surface area contributed by atoms with E-state index in [-0.39, 0.29) is 0 Å². The Morgan fingerprint density at radius 1 is 1.11 bits per heavy atom. The van der Waals surface area contributed by atoms with Crippen molar-refractivity contribution in [2.45, 2.75) is 13.5 Å². The highest BCUT2D eigenvalue weighted by molar-refractivity contribution is 5.80. The number of benzene rings is 1. The second-order valence-electron chi connectivity index (χ2n) is 6.52. The lowest BCUT2D eigenvalue weighted by Crippen LogP contribution is -2.52. The summed E-state index contributed by atoms with van der Waals surface area (Å²) >= 11 is 0. The summed E-state index contributed by atoms with van der Waals surface area (Å²) in [6.45, 7) is 7.16. The summed E-state index contributed by atoms with van der Waals surface area (Å²) in [5.74, 6) is 2.45. The molecule has 1 aromatic carbocycles. The van der Waals surface area contributed by atoms with Crippen molar-refractivity contribution >= 4 is 11.6 Å². The third-order valence-electron chi connectivity index (χ3n) is 4.78. The molecule has 1 aromatic heterocycles. The SMILES string of the molecule is CCNC(=NCc1cccnc1OC)N1CCN(c2cccc(OC)c2)CC1. The zero-order valence-corrected chi connectivity index (χ0v) is 16.9. The Morgan fingerprint density at radius 2 is 1.93 bits per heavy atom. The Hall–Kier alpha value is -2.96. The molecule has 0 aliphatic carbocycles. The number of aromatic nitrogens is 1. The van der Waals surface area contributed by atoms with E-state index >= 15 is 0 Å². The fourth-order valence-corrected chi connectivity index (χ4v) is 3.30. The molecule has 7 nitrogen and oxygen atoms in total. The third kappa shape index (κ3) is 4.85. The van der Waals surface area contributed by atoms with Crippen LogP contribution in [0.5, 0.6) is 11.6 Å². The normalized spacial score (nSPS) is 14.8. The number of guanidine groups is 1. The van der Waals surface area contributed by atoms with E-state index in [9.17, 15) is 0 Å². The van der Waals surface area contributed by atoms with Gasteiger partial charge in [0.2, 0.25) is 5.88 Å². The van der Waals surface area contributed by atoms with Crippen LogP contribution in [-0.4, -0.2) is 62.8 Å². The molecule has 3 rings (SSSR count). The first-order valence-electron chi connectivity index (χ1n) is 9.65. The lowest BCUT2D eigenvalue weighted by molar-refractivity contribution is 0.371. The van der Waals surface area contributed by atoms with Gasteiger partial charge in [-0.15, -0.1) is 0 Å². The van der Waals surface area contributed by atoms with Gasteiger partial charge in [-0.25, -0.2) is 9.98 Å². The smallest absolute Gasteiger partial charge is 0.218 e. The number of aliphatic imine (C=N–C) groups is 1. The van der Waals surface area contributed by atoms with E-state index in [1.165, 1.54) is 5.69 Å². The van der Waals surface area contributed by atoms with Gasteiger partial charge >= 0.3 is 0 Å². The zero-order valence-electron chi connectivity index (χ0n) is 16.9. The van der Waals surface area contributed by atoms with Gasteiger partial charge in [0, 0.05) is 56.2 Å². The Bertz CT molecular complexity index is 788. The standard InChI is InChI=1S/C21H29N5O2/c1-4-22-21(24-16-17-7-6-10-23-20(17)28-3)26-13-11-25(12-14-26)18-8-5-9-19(15-18)27-2/h5-10,15H,4,11-14,16H2,1-3H3,(H,22,24). The number of ether oxygens (including phenoxy) is 2. The number of methoxy groups -OCH3 is 2. The summed E-state index contributed by atoms with van der Waals surface area (Å²) in [5.41, 5.74) is 2.18. The summed E-state index contributed by atoms with van der Waals surface area (Å²) in [4.78, 5) is 13.8. The molecule has 28 heavy (non-hydrogen) atoms. The number of pyridine rings is 1. The Labute approximate surface area is 167 Å². The number of nitrogens with one attached hydrogen (secondary N) is 1. The van der Waals surface area contributed by atoms with E-state index in [2.05, 4.69) is 39.2 Å². The third-order valence-corrected chi connectivity index (χ3v) is 4.78. The molecule has 1 aliphatic rings. The first-order chi connectivity index (χ1) is 13.7. The lowest BCUT2D eigenvalue weighted by Gasteiger charge is -2.37. The number of hydrogen-bond acceptors (Lipinski definition) is 5.